The molecule has 0 aromatic carbocycles. The summed E-state index contributed by atoms with van der Waals surface area (Å²) < 4.78 is 16.6. The van der Waals surface area contributed by atoms with Crippen LogP contribution in [0.2, 0.25) is 0 Å². The highest BCUT2D eigenvalue weighted by atomic mass is 16.6. The summed E-state index contributed by atoms with van der Waals surface area (Å²) in [5, 5.41) is 0. The van der Waals surface area contributed by atoms with Crippen LogP contribution in [-0.2, 0) is 28.6 Å². The molecule has 6 nitrogen and oxygen atoms in total. The Hall–Kier alpha value is -3.41. The molecule has 0 aliphatic carbocycles. The van der Waals surface area contributed by atoms with Crippen LogP contribution < -0.4 is 0 Å². The minimum absolute atomic E-state index is 0.0749. The summed E-state index contributed by atoms with van der Waals surface area (Å²) in [6.07, 6.45) is 70.6. The molecule has 0 bridgehead atoms. The molecule has 0 amide bonds. The molecule has 6 heteroatoms. The van der Waals surface area contributed by atoms with E-state index in [1.54, 1.807) is 0 Å². The van der Waals surface area contributed by atoms with Crippen molar-refractivity contribution in [2.45, 2.75) is 264 Å². The van der Waals surface area contributed by atoms with E-state index in [9.17, 15) is 14.4 Å². The summed E-state index contributed by atoms with van der Waals surface area (Å²) in [4.78, 5) is 37.6. The number of ether oxygens (including phenoxy) is 3. The van der Waals surface area contributed by atoms with Crippen LogP contribution in [0.25, 0.3) is 0 Å². The first-order chi connectivity index (χ1) is 32.5. The Balaban J connectivity index is 3.96. The first kappa shape index (κ1) is 62.6. The Kier molecular flexibility index (Phi) is 51.4. The standard InChI is InChI=1S/C60H102O6/c1-4-7-10-13-15-17-19-20-21-22-23-24-25-26-27-28-29-30-31-32-33-34-35-36-37-38-39-40-41-43-44-47-50-53-59(62)65-56-57(55-64-58(61)52-49-46-12-9-6-3)66-60(63)54-51-48-45-42-18-16-14-11-8-5-2/h7,10,15,17,20-21,23-24,26-27,29-30,32-33,57H,4-6,8-9,11-14,16,18-19,22,25,28,31,34-56H2,1-3H3/b10-7-,17-15-,21-20-,24-23-,27-26-,30-29-,33-32-. The van der Waals surface area contributed by atoms with Crippen molar-refractivity contribution in [3.05, 3.63) is 85.1 Å². The molecule has 0 heterocycles. The third-order valence-corrected chi connectivity index (χ3v) is 11.7. The first-order valence-electron chi connectivity index (χ1n) is 27.6. The molecule has 0 saturated carbocycles. The lowest BCUT2D eigenvalue weighted by Crippen LogP contribution is -2.30. The van der Waals surface area contributed by atoms with Crippen LogP contribution in [0.5, 0.6) is 0 Å². The maximum atomic E-state index is 12.7. The van der Waals surface area contributed by atoms with Gasteiger partial charge >= 0.3 is 17.9 Å². The molecule has 0 rings (SSSR count). The van der Waals surface area contributed by atoms with Gasteiger partial charge in [-0.2, -0.15) is 0 Å². The van der Waals surface area contributed by atoms with Crippen LogP contribution in [0.15, 0.2) is 85.1 Å². The predicted octanol–water partition coefficient (Wildman–Crippen LogP) is 18.4. The van der Waals surface area contributed by atoms with Crippen molar-refractivity contribution in [3.8, 4) is 0 Å². The minimum Gasteiger partial charge on any atom is -0.462 e. The third kappa shape index (κ3) is 51.6. The Morgan fingerprint density at radius 2 is 0.591 bits per heavy atom. The molecule has 0 aliphatic heterocycles. The van der Waals surface area contributed by atoms with Gasteiger partial charge in [0, 0.05) is 19.3 Å². The quantitative estimate of drug-likeness (QED) is 0.0262. The zero-order chi connectivity index (χ0) is 47.9. The summed E-state index contributed by atoms with van der Waals surface area (Å²) in [5.74, 6) is -0.892. The summed E-state index contributed by atoms with van der Waals surface area (Å²) in [7, 11) is 0. The van der Waals surface area contributed by atoms with Gasteiger partial charge in [0.05, 0.1) is 0 Å². The van der Waals surface area contributed by atoms with Gasteiger partial charge in [0.2, 0.25) is 0 Å². The zero-order valence-electron chi connectivity index (χ0n) is 43.2. The first-order valence-corrected chi connectivity index (χ1v) is 27.6. The van der Waals surface area contributed by atoms with Crippen molar-refractivity contribution in [2.24, 2.45) is 0 Å². The molecule has 0 aromatic rings. The molecule has 0 N–H and O–H groups in total. The lowest BCUT2D eigenvalue weighted by molar-refractivity contribution is -0.167. The number of hydrogen-bond donors (Lipinski definition) is 0. The molecule has 0 aromatic heterocycles. The molecule has 0 fully saturated rings. The third-order valence-electron chi connectivity index (χ3n) is 11.7. The molecule has 0 saturated heterocycles. The average molecular weight is 919 g/mol. The number of hydrogen-bond acceptors (Lipinski definition) is 6. The average Bonchev–Trinajstić information content (AvgIpc) is 3.31. The van der Waals surface area contributed by atoms with E-state index in [1.165, 1.54) is 109 Å². The van der Waals surface area contributed by atoms with Crippen molar-refractivity contribution in [3.63, 3.8) is 0 Å². The van der Waals surface area contributed by atoms with Crippen molar-refractivity contribution < 1.29 is 28.6 Å². The number of esters is 3. The molecular formula is C60H102O6. The van der Waals surface area contributed by atoms with E-state index in [1.807, 2.05) is 0 Å². The largest absolute Gasteiger partial charge is 0.462 e. The van der Waals surface area contributed by atoms with Gasteiger partial charge in [0.15, 0.2) is 6.10 Å². The summed E-state index contributed by atoms with van der Waals surface area (Å²) in [5.41, 5.74) is 0. The molecule has 1 atom stereocenters. The van der Waals surface area contributed by atoms with Gasteiger partial charge in [0.1, 0.15) is 13.2 Å². The monoisotopic (exact) mass is 919 g/mol. The zero-order valence-corrected chi connectivity index (χ0v) is 43.2. The van der Waals surface area contributed by atoms with Crippen molar-refractivity contribution in [2.75, 3.05) is 13.2 Å². The maximum Gasteiger partial charge on any atom is 0.306 e. The van der Waals surface area contributed by atoms with Gasteiger partial charge in [0.25, 0.3) is 0 Å². The van der Waals surface area contributed by atoms with E-state index in [4.69, 9.17) is 14.2 Å². The van der Waals surface area contributed by atoms with Crippen molar-refractivity contribution >= 4 is 17.9 Å². The Morgan fingerprint density at radius 3 is 0.924 bits per heavy atom. The highest BCUT2D eigenvalue weighted by molar-refractivity contribution is 5.71. The summed E-state index contributed by atoms with van der Waals surface area (Å²) >= 11 is 0. The number of unbranched alkanes of at least 4 members (excludes halogenated alkanes) is 24. The molecule has 0 radical (unpaired) electrons. The van der Waals surface area contributed by atoms with E-state index in [0.29, 0.717) is 19.3 Å². The van der Waals surface area contributed by atoms with Gasteiger partial charge < -0.3 is 14.2 Å². The molecule has 1 unspecified atom stereocenters. The maximum absolute atomic E-state index is 12.7. The molecular weight excluding hydrogens is 817 g/mol. The predicted molar refractivity (Wildman–Crippen MR) is 284 cm³/mol. The Morgan fingerprint density at radius 1 is 0.318 bits per heavy atom. The fraction of sp³-hybridized carbons (Fsp3) is 0.717. The smallest absolute Gasteiger partial charge is 0.306 e. The topological polar surface area (TPSA) is 78.9 Å². The highest BCUT2D eigenvalue weighted by Crippen LogP contribution is 2.15. The van der Waals surface area contributed by atoms with Crippen molar-refractivity contribution in [1.82, 2.24) is 0 Å². The SMILES string of the molecule is CC/C=C\C/C=C\C/C=C\C/C=C\C/C=C\C/C=C\C/C=C\CCCCCCCCCCCCCC(=O)OCC(COC(=O)CCCCCCC)OC(=O)CCCCCCCCCCCC. The number of allylic oxidation sites excluding steroid dienone is 14. The summed E-state index contributed by atoms with van der Waals surface area (Å²) in [6.45, 7) is 6.42. The minimum atomic E-state index is -0.768. The molecule has 0 spiro atoms. The lowest BCUT2D eigenvalue weighted by atomic mass is 10.0. The second-order valence-corrected chi connectivity index (χ2v) is 18.1. The Labute approximate surface area is 407 Å². The van der Waals surface area contributed by atoms with Crippen LogP contribution in [0, 0.1) is 0 Å². The molecule has 66 heavy (non-hydrogen) atoms. The van der Waals surface area contributed by atoms with Gasteiger partial charge in [-0.15, -0.1) is 0 Å². The van der Waals surface area contributed by atoms with E-state index in [0.717, 1.165) is 109 Å². The normalized spacial score (nSPS) is 12.7. The van der Waals surface area contributed by atoms with E-state index in [2.05, 4.69) is 106 Å². The van der Waals surface area contributed by atoms with Gasteiger partial charge in [-0.1, -0.05) is 247 Å². The fourth-order valence-electron chi connectivity index (χ4n) is 7.54. The molecule has 0 aliphatic rings. The Bertz CT molecular complexity index is 1290. The molecule has 378 valence electrons. The van der Waals surface area contributed by atoms with E-state index in [-0.39, 0.29) is 31.1 Å². The van der Waals surface area contributed by atoms with E-state index < -0.39 is 6.10 Å². The van der Waals surface area contributed by atoms with Gasteiger partial charge in [-0.05, 0) is 77.0 Å². The van der Waals surface area contributed by atoms with Gasteiger partial charge in [-0.25, -0.2) is 0 Å². The van der Waals surface area contributed by atoms with Crippen molar-refractivity contribution in [1.29, 1.82) is 0 Å². The lowest BCUT2D eigenvalue weighted by Gasteiger charge is -2.18. The van der Waals surface area contributed by atoms with E-state index >= 15 is 0 Å². The second kappa shape index (κ2) is 54.2. The van der Waals surface area contributed by atoms with Crippen LogP contribution >= 0.6 is 0 Å². The summed E-state index contributed by atoms with van der Waals surface area (Å²) in [6, 6.07) is 0. The van der Waals surface area contributed by atoms with Crippen LogP contribution in [0.4, 0.5) is 0 Å². The highest BCUT2D eigenvalue weighted by Gasteiger charge is 2.19. The fourth-order valence-corrected chi connectivity index (χ4v) is 7.54. The second-order valence-electron chi connectivity index (χ2n) is 18.1. The number of rotatable bonds is 49. The van der Waals surface area contributed by atoms with Crippen LogP contribution in [-0.4, -0.2) is 37.2 Å². The number of carbonyl (C=O) groups is 3. The van der Waals surface area contributed by atoms with Crippen LogP contribution in [0.3, 0.4) is 0 Å². The van der Waals surface area contributed by atoms with Crippen LogP contribution in [0.1, 0.15) is 258 Å². The number of carbonyl (C=O) groups excluding carboxylic acids is 3. The van der Waals surface area contributed by atoms with Gasteiger partial charge in [-0.3, -0.25) is 14.4 Å².